The Morgan fingerprint density at radius 3 is 2.62 bits per heavy atom. The van der Waals surface area contributed by atoms with E-state index in [0.29, 0.717) is 32.5 Å². The zero-order chi connectivity index (χ0) is 22.6. The number of likely N-dealkylation sites (tertiary alicyclic amines) is 1. The Kier molecular flexibility index (Phi) is 5.92. The van der Waals surface area contributed by atoms with E-state index in [1.165, 1.54) is 0 Å². The van der Waals surface area contributed by atoms with Crippen LogP contribution >= 0.6 is 0 Å². The van der Waals surface area contributed by atoms with E-state index in [2.05, 4.69) is 16.2 Å². The average Bonchev–Trinajstić information content (AvgIpc) is 3.26. The summed E-state index contributed by atoms with van der Waals surface area (Å²) in [6.45, 7) is 1.60. The summed E-state index contributed by atoms with van der Waals surface area (Å²) in [4.78, 5) is 30.2. The topological polar surface area (TPSA) is 85.9 Å². The van der Waals surface area contributed by atoms with Crippen LogP contribution in [0.3, 0.4) is 0 Å². The first-order chi connectivity index (χ1) is 15.3. The van der Waals surface area contributed by atoms with Crippen molar-refractivity contribution < 1.29 is 23.1 Å². The molecule has 8 atom stereocenters. The van der Waals surface area contributed by atoms with Crippen LogP contribution in [0.4, 0.5) is 8.78 Å². The van der Waals surface area contributed by atoms with Crippen molar-refractivity contribution in [3.8, 4) is 0 Å². The van der Waals surface area contributed by atoms with Crippen molar-refractivity contribution in [1.82, 2.24) is 26.0 Å². The normalized spacial score (nSPS) is 42.3. The molecule has 2 amide bonds. The lowest BCUT2D eigenvalue weighted by Gasteiger charge is -2.38. The monoisotopic (exact) mass is 455 g/mol. The van der Waals surface area contributed by atoms with Gasteiger partial charge in [0, 0.05) is 51.2 Å². The van der Waals surface area contributed by atoms with Crippen LogP contribution in [0.2, 0.25) is 0 Å². The number of piperidine rings is 1. The standard InChI is InChI=1S/C22H35F2N5O3/c1-28(22(6-7-22)11-32-2)21(31)19-13-10-29(8-5-16(13)26-27-19)20(30)17-9-12-15(25-17)4-3-14(23)18(12)24/h12-19,25-27H,3-11H2,1-2H3. The molecule has 5 aliphatic rings. The van der Waals surface area contributed by atoms with Gasteiger partial charge in [-0.2, -0.15) is 0 Å². The molecular formula is C22H35F2N5O3. The zero-order valence-corrected chi connectivity index (χ0v) is 18.9. The molecule has 0 aromatic rings. The highest BCUT2D eigenvalue weighted by Crippen LogP contribution is 2.42. The molecule has 0 aromatic carbocycles. The zero-order valence-electron chi connectivity index (χ0n) is 18.9. The Balaban J connectivity index is 1.23. The Morgan fingerprint density at radius 2 is 1.91 bits per heavy atom. The van der Waals surface area contributed by atoms with Gasteiger partial charge in [0.2, 0.25) is 11.8 Å². The molecule has 10 heteroatoms. The highest BCUT2D eigenvalue weighted by molar-refractivity contribution is 5.85. The summed E-state index contributed by atoms with van der Waals surface area (Å²) in [5.41, 5.74) is 6.22. The van der Waals surface area contributed by atoms with Gasteiger partial charge < -0.3 is 19.9 Å². The average molecular weight is 456 g/mol. The lowest BCUT2D eigenvalue weighted by molar-refractivity contribution is -0.140. The molecule has 3 aliphatic heterocycles. The van der Waals surface area contributed by atoms with Gasteiger partial charge in [-0.25, -0.2) is 14.2 Å². The molecule has 0 spiro atoms. The van der Waals surface area contributed by atoms with E-state index in [0.717, 1.165) is 19.3 Å². The summed E-state index contributed by atoms with van der Waals surface area (Å²) in [5.74, 6) is -0.495. The number of nitrogens with zero attached hydrogens (tertiary/aromatic N) is 2. The quantitative estimate of drug-likeness (QED) is 0.547. The van der Waals surface area contributed by atoms with Crippen LogP contribution in [-0.4, -0.2) is 97.5 Å². The van der Waals surface area contributed by atoms with Crippen molar-refractivity contribution in [2.75, 3.05) is 33.9 Å². The predicted molar refractivity (Wildman–Crippen MR) is 113 cm³/mol. The molecule has 8 nitrogen and oxygen atoms in total. The minimum absolute atomic E-state index is 0.0214. The number of amides is 2. The number of fused-ring (bicyclic) bond motifs is 2. The number of ether oxygens (including phenoxy) is 1. The van der Waals surface area contributed by atoms with Crippen LogP contribution in [0.15, 0.2) is 0 Å². The van der Waals surface area contributed by atoms with Gasteiger partial charge in [0.1, 0.15) is 18.4 Å². The molecular weight excluding hydrogens is 420 g/mol. The molecule has 3 N–H and O–H groups in total. The lowest BCUT2D eigenvalue weighted by Crippen LogP contribution is -2.56. The lowest BCUT2D eigenvalue weighted by atomic mass is 9.82. The van der Waals surface area contributed by atoms with Crippen LogP contribution in [0.1, 0.15) is 38.5 Å². The van der Waals surface area contributed by atoms with E-state index in [1.807, 2.05) is 16.8 Å². The van der Waals surface area contributed by atoms with Gasteiger partial charge in [-0.05, 0) is 38.5 Å². The Labute approximate surface area is 187 Å². The molecule has 2 saturated carbocycles. The molecule has 2 aliphatic carbocycles. The fraction of sp³-hybridized carbons (Fsp3) is 0.909. The second-order valence-electron chi connectivity index (χ2n) is 10.4. The molecule has 8 unspecified atom stereocenters. The van der Waals surface area contributed by atoms with Gasteiger partial charge in [-0.15, -0.1) is 0 Å². The second-order valence-corrected chi connectivity index (χ2v) is 10.4. The highest BCUT2D eigenvalue weighted by atomic mass is 19.2. The van der Waals surface area contributed by atoms with Crippen LogP contribution in [-0.2, 0) is 14.3 Å². The molecule has 5 fully saturated rings. The molecule has 3 saturated heterocycles. The van der Waals surface area contributed by atoms with Crippen LogP contribution in [0.25, 0.3) is 0 Å². The van der Waals surface area contributed by atoms with Crippen LogP contribution < -0.4 is 16.2 Å². The fourth-order valence-corrected chi connectivity index (χ4v) is 6.37. The summed E-state index contributed by atoms with van der Waals surface area (Å²) < 4.78 is 33.5. The highest BCUT2D eigenvalue weighted by Gasteiger charge is 2.53. The third-order valence-corrected chi connectivity index (χ3v) is 8.62. The predicted octanol–water partition coefficient (Wildman–Crippen LogP) is 0.134. The van der Waals surface area contributed by atoms with Gasteiger partial charge in [0.25, 0.3) is 0 Å². The third-order valence-electron chi connectivity index (χ3n) is 8.62. The number of alkyl halides is 2. The van der Waals surface area contributed by atoms with E-state index in [4.69, 9.17) is 4.74 Å². The van der Waals surface area contributed by atoms with Crippen LogP contribution in [0, 0.1) is 11.8 Å². The molecule has 32 heavy (non-hydrogen) atoms. The number of methoxy groups -OCH3 is 1. The molecule has 3 heterocycles. The maximum absolute atomic E-state index is 14.4. The summed E-state index contributed by atoms with van der Waals surface area (Å²) in [5, 5.41) is 3.28. The van der Waals surface area contributed by atoms with E-state index < -0.39 is 30.3 Å². The molecule has 0 radical (unpaired) electrons. The number of carbonyl (C=O) groups is 2. The van der Waals surface area contributed by atoms with E-state index in [1.54, 1.807) is 7.11 Å². The first kappa shape index (κ1) is 22.4. The molecule has 180 valence electrons. The molecule has 0 bridgehead atoms. The number of rotatable bonds is 5. The van der Waals surface area contributed by atoms with Gasteiger partial charge in [0.15, 0.2) is 0 Å². The number of nitrogens with one attached hydrogen (secondary N) is 3. The van der Waals surface area contributed by atoms with Crippen molar-refractivity contribution >= 4 is 11.8 Å². The van der Waals surface area contributed by atoms with Gasteiger partial charge in [-0.3, -0.25) is 15.0 Å². The number of hydrogen-bond acceptors (Lipinski definition) is 6. The number of halogens is 2. The minimum atomic E-state index is -1.49. The van der Waals surface area contributed by atoms with Gasteiger partial charge >= 0.3 is 0 Å². The van der Waals surface area contributed by atoms with Crippen molar-refractivity contribution in [3.05, 3.63) is 0 Å². The van der Waals surface area contributed by atoms with Gasteiger partial charge in [-0.1, -0.05) is 0 Å². The molecule has 0 aromatic heterocycles. The first-order valence-electron chi connectivity index (χ1n) is 12.0. The summed E-state index contributed by atoms with van der Waals surface area (Å²) >= 11 is 0. The second kappa shape index (κ2) is 8.45. The van der Waals surface area contributed by atoms with Crippen molar-refractivity contribution in [2.45, 2.75) is 80.6 Å². The van der Waals surface area contributed by atoms with E-state index >= 15 is 0 Å². The smallest absolute Gasteiger partial charge is 0.241 e. The van der Waals surface area contributed by atoms with Crippen molar-refractivity contribution in [1.29, 1.82) is 0 Å². The summed E-state index contributed by atoms with van der Waals surface area (Å²) in [6.07, 6.45) is 0.834. The van der Waals surface area contributed by atoms with E-state index in [-0.39, 0.29) is 41.8 Å². The Morgan fingerprint density at radius 1 is 1.12 bits per heavy atom. The number of likely N-dealkylation sites (N-methyl/N-ethyl adjacent to an activating group) is 1. The number of hydrazine groups is 1. The molecule has 5 rings (SSSR count). The summed E-state index contributed by atoms with van der Waals surface area (Å²) in [7, 11) is 3.49. The Bertz CT molecular complexity index is 753. The van der Waals surface area contributed by atoms with Crippen molar-refractivity contribution in [3.63, 3.8) is 0 Å². The Hall–Kier alpha value is -1.36. The largest absolute Gasteiger partial charge is 0.382 e. The van der Waals surface area contributed by atoms with E-state index in [9.17, 15) is 18.4 Å². The number of carbonyl (C=O) groups excluding carboxylic acids is 2. The van der Waals surface area contributed by atoms with Gasteiger partial charge in [0.05, 0.1) is 18.2 Å². The summed E-state index contributed by atoms with van der Waals surface area (Å²) in [6, 6.07) is -0.880. The SMILES string of the molecule is COCC1(N(C)C(=O)C2NNC3CCN(C(=O)C4CC5C(CCC(F)C5F)N4)CC32)CC1. The third kappa shape index (κ3) is 3.73. The minimum Gasteiger partial charge on any atom is -0.382 e. The maximum atomic E-state index is 14.4. The number of hydrogen-bond donors (Lipinski definition) is 3. The maximum Gasteiger partial charge on any atom is 0.241 e. The first-order valence-corrected chi connectivity index (χ1v) is 12.0. The van der Waals surface area contributed by atoms with Crippen LogP contribution in [0.5, 0.6) is 0 Å². The fourth-order valence-electron chi connectivity index (χ4n) is 6.37. The van der Waals surface area contributed by atoms with Crippen molar-refractivity contribution in [2.24, 2.45) is 11.8 Å².